The van der Waals surface area contributed by atoms with Crippen LogP contribution in [0.25, 0.3) is 49.4 Å². The first-order valence-corrected chi connectivity index (χ1v) is 13.3. The van der Waals surface area contributed by atoms with Gasteiger partial charge in [0.05, 0.1) is 22.2 Å². The SMILES string of the molecule is Brc1ccc2c(c1)c1ccccc1n2-c1nc(C/C=C\C=C/C2CC2)c2ccc3ccccc3c2n1. The number of aromatic nitrogens is 3. The summed E-state index contributed by atoms with van der Waals surface area (Å²) in [6, 6.07) is 27.8. The normalized spacial score (nSPS) is 14.4. The van der Waals surface area contributed by atoms with Crippen molar-refractivity contribution in [3.05, 3.63) is 113 Å². The summed E-state index contributed by atoms with van der Waals surface area (Å²) < 4.78 is 3.27. The molecule has 1 aliphatic rings. The molecule has 3 nitrogen and oxygen atoms in total. The molecule has 174 valence electrons. The van der Waals surface area contributed by atoms with Crippen molar-refractivity contribution in [1.82, 2.24) is 14.5 Å². The summed E-state index contributed by atoms with van der Waals surface area (Å²) in [7, 11) is 0. The zero-order valence-electron chi connectivity index (χ0n) is 19.7. The average Bonchev–Trinajstić information content (AvgIpc) is 3.68. The third kappa shape index (κ3) is 3.73. The Labute approximate surface area is 217 Å². The minimum atomic E-state index is 0.712. The molecule has 2 heterocycles. The lowest BCUT2D eigenvalue weighted by Gasteiger charge is -2.12. The minimum Gasteiger partial charge on any atom is -0.278 e. The fourth-order valence-corrected chi connectivity index (χ4v) is 5.46. The summed E-state index contributed by atoms with van der Waals surface area (Å²) in [5.41, 5.74) is 4.25. The second-order valence-electron chi connectivity index (χ2n) is 9.52. The van der Waals surface area contributed by atoms with Crippen molar-refractivity contribution in [2.45, 2.75) is 19.3 Å². The van der Waals surface area contributed by atoms with Gasteiger partial charge < -0.3 is 0 Å². The average molecular weight is 530 g/mol. The lowest BCUT2D eigenvalue weighted by Crippen LogP contribution is -2.05. The lowest BCUT2D eigenvalue weighted by atomic mass is 10.0. The minimum absolute atomic E-state index is 0.712. The Morgan fingerprint density at radius 2 is 1.58 bits per heavy atom. The van der Waals surface area contributed by atoms with E-state index >= 15 is 0 Å². The Morgan fingerprint density at radius 1 is 0.778 bits per heavy atom. The Hall–Kier alpha value is -3.76. The van der Waals surface area contributed by atoms with E-state index < -0.39 is 0 Å². The maximum Gasteiger partial charge on any atom is 0.235 e. The molecule has 1 aliphatic carbocycles. The molecule has 0 bridgehead atoms. The molecular formula is C32H24BrN3. The van der Waals surface area contributed by atoms with Crippen LogP contribution in [0.3, 0.4) is 0 Å². The summed E-state index contributed by atoms with van der Waals surface area (Å²) in [4.78, 5) is 10.4. The maximum absolute atomic E-state index is 5.21. The molecule has 0 unspecified atom stereocenters. The molecule has 1 saturated carbocycles. The Balaban J connectivity index is 1.48. The van der Waals surface area contributed by atoms with E-state index in [4.69, 9.17) is 9.97 Å². The predicted octanol–water partition coefficient (Wildman–Crippen LogP) is 8.71. The first-order chi connectivity index (χ1) is 17.8. The topological polar surface area (TPSA) is 30.7 Å². The van der Waals surface area contributed by atoms with Crippen LogP contribution >= 0.6 is 15.9 Å². The summed E-state index contributed by atoms with van der Waals surface area (Å²) in [6.07, 6.45) is 12.3. The second kappa shape index (κ2) is 8.72. The van der Waals surface area contributed by atoms with Gasteiger partial charge in [0, 0.05) is 32.4 Å². The molecule has 36 heavy (non-hydrogen) atoms. The first-order valence-electron chi connectivity index (χ1n) is 12.5. The van der Waals surface area contributed by atoms with E-state index in [0.29, 0.717) is 5.95 Å². The van der Waals surface area contributed by atoms with Crippen LogP contribution in [0.5, 0.6) is 0 Å². The number of hydrogen-bond donors (Lipinski definition) is 0. The Morgan fingerprint density at radius 3 is 2.47 bits per heavy atom. The largest absolute Gasteiger partial charge is 0.278 e. The van der Waals surface area contributed by atoms with Crippen molar-refractivity contribution in [1.29, 1.82) is 0 Å². The highest BCUT2D eigenvalue weighted by molar-refractivity contribution is 9.10. The molecule has 4 aromatic carbocycles. The van der Waals surface area contributed by atoms with Crippen LogP contribution in [0.1, 0.15) is 18.5 Å². The third-order valence-electron chi connectivity index (χ3n) is 7.06. The summed E-state index contributed by atoms with van der Waals surface area (Å²) in [5, 5.41) is 5.84. The highest BCUT2D eigenvalue weighted by Crippen LogP contribution is 2.34. The van der Waals surface area contributed by atoms with E-state index in [0.717, 1.165) is 49.8 Å². The maximum atomic E-state index is 5.21. The van der Waals surface area contributed by atoms with Gasteiger partial charge in [-0.15, -0.1) is 0 Å². The van der Waals surface area contributed by atoms with Crippen LogP contribution in [-0.4, -0.2) is 14.5 Å². The lowest BCUT2D eigenvalue weighted by molar-refractivity contribution is 0.973. The van der Waals surface area contributed by atoms with Gasteiger partial charge in [0.15, 0.2) is 0 Å². The van der Waals surface area contributed by atoms with Crippen molar-refractivity contribution in [2.75, 3.05) is 0 Å². The highest BCUT2D eigenvalue weighted by atomic mass is 79.9. The van der Waals surface area contributed by atoms with E-state index in [2.05, 4.69) is 124 Å². The van der Waals surface area contributed by atoms with E-state index in [9.17, 15) is 0 Å². The van der Waals surface area contributed by atoms with E-state index in [-0.39, 0.29) is 0 Å². The molecular weight excluding hydrogens is 506 g/mol. The number of nitrogens with zero attached hydrogens (tertiary/aromatic N) is 3. The van der Waals surface area contributed by atoms with Gasteiger partial charge in [-0.1, -0.05) is 94.8 Å². The van der Waals surface area contributed by atoms with Crippen LogP contribution in [0.15, 0.2) is 108 Å². The molecule has 1 fully saturated rings. The number of benzene rings is 4. The molecule has 6 aromatic rings. The molecule has 0 aliphatic heterocycles. The zero-order valence-corrected chi connectivity index (χ0v) is 21.3. The number of allylic oxidation sites excluding steroid dienone is 4. The zero-order chi connectivity index (χ0) is 24.1. The van der Waals surface area contributed by atoms with Gasteiger partial charge in [-0.05, 0) is 48.4 Å². The Bertz CT molecular complexity index is 1840. The molecule has 0 atom stereocenters. The van der Waals surface area contributed by atoms with Crippen LogP contribution in [0, 0.1) is 5.92 Å². The molecule has 7 rings (SSSR count). The number of para-hydroxylation sites is 1. The quantitative estimate of drug-likeness (QED) is 0.165. The summed E-state index contributed by atoms with van der Waals surface area (Å²) in [6.45, 7) is 0. The van der Waals surface area contributed by atoms with Crippen LogP contribution in [0.4, 0.5) is 0 Å². The molecule has 0 N–H and O–H groups in total. The van der Waals surface area contributed by atoms with E-state index in [1.54, 1.807) is 0 Å². The van der Waals surface area contributed by atoms with Gasteiger partial charge in [-0.3, -0.25) is 4.57 Å². The Kier molecular flexibility index (Phi) is 5.21. The van der Waals surface area contributed by atoms with Crippen molar-refractivity contribution in [3.8, 4) is 5.95 Å². The second-order valence-corrected chi connectivity index (χ2v) is 10.4. The summed E-state index contributed by atoms with van der Waals surface area (Å²) >= 11 is 3.66. The third-order valence-corrected chi connectivity index (χ3v) is 7.55. The monoisotopic (exact) mass is 529 g/mol. The molecule has 4 heteroatoms. The number of rotatable bonds is 5. The van der Waals surface area contributed by atoms with E-state index in [1.165, 1.54) is 29.0 Å². The highest BCUT2D eigenvalue weighted by Gasteiger charge is 2.18. The van der Waals surface area contributed by atoms with Crippen molar-refractivity contribution in [2.24, 2.45) is 5.92 Å². The van der Waals surface area contributed by atoms with Crippen molar-refractivity contribution in [3.63, 3.8) is 0 Å². The summed E-state index contributed by atoms with van der Waals surface area (Å²) in [5.74, 6) is 1.49. The van der Waals surface area contributed by atoms with E-state index in [1.807, 2.05) is 0 Å². The van der Waals surface area contributed by atoms with Gasteiger partial charge in [0.25, 0.3) is 0 Å². The van der Waals surface area contributed by atoms with Crippen molar-refractivity contribution < 1.29 is 0 Å². The van der Waals surface area contributed by atoms with Gasteiger partial charge >= 0.3 is 0 Å². The van der Waals surface area contributed by atoms with Crippen LogP contribution < -0.4 is 0 Å². The van der Waals surface area contributed by atoms with Gasteiger partial charge in [-0.2, -0.15) is 0 Å². The van der Waals surface area contributed by atoms with Crippen LogP contribution in [0.2, 0.25) is 0 Å². The fraction of sp³-hybridized carbons (Fsp3) is 0.125. The van der Waals surface area contributed by atoms with Crippen molar-refractivity contribution >= 4 is 59.4 Å². The molecule has 0 spiro atoms. The standard InChI is InChI=1S/C32H24BrN3/c33-23-17-19-30-27(20-23)25-11-6-7-13-29(25)36(30)32-34-28(12-3-1-2-8-21-14-15-21)26-18-16-22-9-4-5-10-24(22)31(26)35-32/h1-11,13,16-21H,12,14-15H2/b3-1-,8-2-. The van der Waals surface area contributed by atoms with Gasteiger partial charge in [-0.25, -0.2) is 9.97 Å². The number of halogens is 1. The van der Waals surface area contributed by atoms with Gasteiger partial charge in [0.2, 0.25) is 5.95 Å². The molecule has 2 aromatic heterocycles. The fourth-order valence-electron chi connectivity index (χ4n) is 5.10. The molecule has 0 radical (unpaired) electrons. The smallest absolute Gasteiger partial charge is 0.235 e. The van der Waals surface area contributed by atoms with Crippen LogP contribution in [-0.2, 0) is 6.42 Å². The predicted molar refractivity (Wildman–Crippen MR) is 154 cm³/mol. The first kappa shape index (κ1) is 21.5. The number of fused-ring (bicyclic) bond motifs is 6. The molecule has 0 amide bonds. The number of hydrogen-bond acceptors (Lipinski definition) is 2. The molecule has 0 saturated heterocycles. The van der Waals surface area contributed by atoms with Gasteiger partial charge in [0.1, 0.15) is 0 Å².